The molecular formula is C18H13FN4O3S. The van der Waals surface area contributed by atoms with Crippen LogP contribution in [-0.4, -0.2) is 26.8 Å². The van der Waals surface area contributed by atoms with E-state index in [1.807, 2.05) is 17.5 Å². The van der Waals surface area contributed by atoms with Gasteiger partial charge < -0.3 is 15.7 Å². The van der Waals surface area contributed by atoms with Crippen molar-refractivity contribution in [1.82, 2.24) is 9.78 Å². The molecule has 2 aromatic heterocycles. The Hall–Kier alpha value is -3.46. The molecule has 1 amide bonds. The Morgan fingerprint density at radius 2 is 2.15 bits per heavy atom. The number of thiophene rings is 1. The maximum absolute atomic E-state index is 13.3. The number of nitrogens with one attached hydrogen (secondary N) is 2. The van der Waals surface area contributed by atoms with Gasteiger partial charge in [-0.2, -0.15) is 5.10 Å². The molecule has 7 nitrogen and oxygen atoms in total. The zero-order chi connectivity index (χ0) is 19.0. The second-order valence-electron chi connectivity index (χ2n) is 5.79. The first kappa shape index (κ1) is 17.0. The van der Waals surface area contributed by atoms with Crippen molar-refractivity contribution >= 4 is 34.7 Å². The van der Waals surface area contributed by atoms with Gasteiger partial charge in [-0.3, -0.25) is 4.79 Å². The van der Waals surface area contributed by atoms with Gasteiger partial charge in [0.05, 0.1) is 6.20 Å². The number of nitrogens with zero attached hydrogens (tertiary/aromatic N) is 2. The number of carboxylic acids is 1. The summed E-state index contributed by atoms with van der Waals surface area (Å²) in [5.41, 5.74) is 0.411. The molecule has 1 atom stereocenters. The fraction of sp³-hybridized carbons (Fsp3) is 0.0556. The van der Waals surface area contributed by atoms with Crippen LogP contribution in [-0.2, 0) is 4.79 Å². The van der Waals surface area contributed by atoms with Gasteiger partial charge in [0.1, 0.15) is 28.9 Å². The third kappa shape index (κ3) is 3.20. The number of carbonyl (C=O) groups excluding carboxylic acids is 1. The Bertz CT molecular complexity index is 1060. The summed E-state index contributed by atoms with van der Waals surface area (Å²) in [4.78, 5) is 25.0. The maximum Gasteiger partial charge on any atom is 0.352 e. The minimum atomic E-state index is -1.14. The number of halogens is 1. The van der Waals surface area contributed by atoms with Crippen LogP contribution in [0.3, 0.4) is 0 Å². The number of hydrogen-bond donors (Lipinski definition) is 3. The molecular weight excluding hydrogens is 371 g/mol. The second-order valence-corrected chi connectivity index (χ2v) is 6.77. The van der Waals surface area contributed by atoms with Crippen molar-refractivity contribution in [3.05, 3.63) is 76.0 Å². The average Bonchev–Trinajstić information content (AvgIpc) is 3.30. The first-order chi connectivity index (χ1) is 13.0. The Kier molecular flexibility index (Phi) is 4.21. The van der Waals surface area contributed by atoms with Gasteiger partial charge in [-0.25, -0.2) is 13.9 Å². The van der Waals surface area contributed by atoms with Gasteiger partial charge in [-0.1, -0.05) is 12.1 Å². The van der Waals surface area contributed by atoms with Gasteiger partial charge >= 0.3 is 5.97 Å². The summed E-state index contributed by atoms with van der Waals surface area (Å²) < 4.78 is 14.9. The molecule has 0 unspecified atom stereocenters. The number of benzene rings is 1. The molecule has 1 aliphatic rings. The highest BCUT2D eigenvalue weighted by Gasteiger charge is 2.29. The van der Waals surface area contributed by atoms with Crippen molar-refractivity contribution in [2.75, 3.05) is 10.6 Å². The number of aromatic nitrogens is 2. The third-order valence-electron chi connectivity index (χ3n) is 4.03. The Balaban J connectivity index is 1.70. The summed E-state index contributed by atoms with van der Waals surface area (Å²) in [6.45, 7) is 0. The topological polar surface area (TPSA) is 96.2 Å². The van der Waals surface area contributed by atoms with Crippen LogP contribution in [0.4, 0.5) is 15.9 Å². The minimum Gasteiger partial charge on any atom is -0.477 e. The molecule has 4 rings (SSSR count). The molecule has 0 aliphatic carbocycles. The molecule has 0 spiro atoms. The average molecular weight is 384 g/mol. The molecule has 3 aromatic rings. The summed E-state index contributed by atoms with van der Waals surface area (Å²) in [6, 6.07) is 8.79. The predicted molar refractivity (Wildman–Crippen MR) is 98.4 cm³/mol. The highest BCUT2D eigenvalue weighted by Crippen LogP contribution is 2.34. The fourth-order valence-corrected chi connectivity index (χ4v) is 3.59. The number of fused-ring (bicyclic) bond motifs is 1. The monoisotopic (exact) mass is 384 g/mol. The van der Waals surface area contributed by atoms with Gasteiger partial charge in [0.15, 0.2) is 0 Å². The predicted octanol–water partition coefficient (Wildman–Crippen LogP) is 3.32. The van der Waals surface area contributed by atoms with Gasteiger partial charge in [-0.15, -0.1) is 11.3 Å². The smallest absolute Gasteiger partial charge is 0.352 e. The van der Waals surface area contributed by atoms with E-state index in [1.165, 1.54) is 35.7 Å². The Labute approximate surface area is 156 Å². The van der Waals surface area contributed by atoms with Crippen LogP contribution in [0.5, 0.6) is 0 Å². The zero-order valence-electron chi connectivity index (χ0n) is 13.7. The number of allylic oxidation sites excluding steroid dienone is 1. The van der Waals surface area contributed by atoms with Crippen LogP contribution in [0, 0.1) is 5.82 Å². The number of amides is 1. The van der Waals surface area contributed by atoms with Crippen LogP contribution in [0.2, 0.25) is 0 Å². The molecule has 0 radical (unpaired) electrons. The van der Waals surface area contributed by atoms with E-state index in [0.717, 1.165) is 4.88 Å². The Morgan fingerprint density at radius 1 is 1.30 bits per heavy atom. The van der Waals surface area contributed by atoms with E-state index in [2.05, 4.69) is 15.7 Å². The summed E-state index contributed by atoms with van der Waals surface area (Å²) in [6.07, 6.45) is 2.90. The first-order valence-corrected chi connectivity index (χ1v) is 8.81. The van der Waals surface area contributed by atoms with Crippen molar-refractivity contribution in [2.45, 2.75) is 6.04 Å². The van der Waals surface area contributed by atoms with Crippen molar-refractivity contribution in [1.29, 1.82) is 0 Å². The molecule has 136 valence electrons. The number of aliphatic carboxylic acids is 1. The minimum absolute atomic E-state index is 0.0406. The lowest BCUT2D eigenvalue weighted by molar-refractivity contribution is -0.132. The van der Waals surface area contributed by atoms with Crippen LogP contribution >= 0.6 is 11.3 Å². The Morgan fingerprint density at radius 3 is 2.85 bits per heavy atom. The quantitative estimate of drug-likeness (QED) is 0.641. The van der Waals surface area contributed by atoms with Crippen LogP contribution in [0.15, 0.2) is 59.7 Å². The van der Waals surface area contributed by atoms with Gasteiger partial charge in [-0.05, 0) is 35.7 Å². The van der Waals surface area contributed by atoms with E-state index in [1.54, 1.807) is 16.8 Å². The zero-order valence-corrected chi connectivity index (χ0v) is 14.5. The van der Waals surface area contributed by atoms with E-state index in [-0.39, 0.29) is 17.1 Å². The van der Waals surface area contributed by atoms with E-state index in [0.29, 0.717) is 5.69 Å². The highest BCUT2D eigenvalue weighted by molar-refractivity contribution is 7.10. The number of carboxylic acid groups (broad SMARTS) is 1. The maximum atomic E-state index is 13.3. The highest BCUT2D eigenvalue weighted by atomic mass is 32.1. The molecule has 1 aromatic carbocycles. The summed E-state index contributed by atoms with van der Waals surface area (Å²) >= 11 is 1.46. The molecule has 1 aliphatic heterocycles. The number of carbonyl (C=O) groups is 2. The summed E-state index contributed by atoms with van der Waals surface area (Å²) in [7, 11) is 0. The normalized spacial score (nSPS) is 15.4. The van der Waals surface area contributed by atoms with E-state index in [4.69, 9.17) is 0 Å². The number of rotatable bonds is 4. The molecule has 0 saturated heterocycles. The van der Waals surface area contributed by atoms with Crippen molar-refractivity contribution in [2.24, 2.45) is 0 Å². The number of hydrogen-bond acceptors (Lipinski definition) is 5. The molecule has 9 heteroatoms. The van der Waals surface area contributed by atoms with E-state index in [9.17, 15) is 19.1 Å². The van der Waals surface area contributed by atoms with Crippen molar-refractivity contribution < 1.29 is 19.1 Å². The van der Waals surface area contributed by atoms with Crippen LogP contribution in [0.1, 0.15) is 21.3 Å². The number of anilines is 2. The summed E-state index contributed by atoms with van der Waals surface area (Å²) in [5.74, 6) is -1.87. The lowest BCUT2D eigenvalue weighted by atomic mass is 10.1. The lowest BCUT2D eigenvalue weighted by Crippen LogP contribution is -2.25. The fourth-order valence-electron chi connectivity index (χ4n) is 2.81. The third-order valence-corrected chi connectivity index (χ3v) is 4.97. The van der Waals surface area contributed by atoms with Gasteiger partial charge in [0.2, 0.25) is 0 Å². The van der Waals surface area contributed by atoms with Gasteiger partial charge in [0.25, 0.3) is 5.91 Å². The molecule has 0 saturated carbocycles. The van der Waals surface area contributed by atoms with E-state index >= 15 is 0 Å². The molecule has 0 fully saturated rings. The largest absolute Gasteiger partial charge is 0.477 e. The van der Waals surface area contributed by atoms with Crippen LogP contribution in [0.25, 0.3) is 0 Å². The molecule has 3 N–H and O–H groups in total. The van der Waals surface area contributed by atoms with E-state index < -0.39 is 23.7 Å². The molecule has 0 bridgehead atoms. The van der Waals surface area contributed by atoms with Crippen molar-refractivity contribution in [3.63, 3.8) is 0 Å². The van der Waals surface area contributed by atoms with Crippen molar-refractivity contribution in [3.8, 4) is 0 Å². The first-order valence-electron chi connectivity index (χ1n) is 7.93. The van der Waals surface area contributed by atoms with Gasteiger partial charge in [0, 0.05) is 10.6 Å². The molecule has 27 heavy (non-hydrogen) atoms. The second kappa shape index (κ2) is 6.69. The van der Waals surface area contributed by atoms with Crippen LogP contribution < -0.4 is 10.6 Å². The summed E-state index contributed by atoms with van der Waals surface area (Å²) in [5, 5.41) is 20.9. The molecule has 3 heterocycles. The SMILES string of the molecule is O=C(O)C1=C[C@H](c2cccs2)n2ncc(C(=O)Nc3cccc(F)c3)c2N1. The lowest BCUT2D eigenvalue weighted by Gasteiger charge is -2.23. The standard InChI is InChI=1S/C18H13FN4O3S/c19-10-3-1-4-11(7-10)21-17(24)12-9-20-23-14(15-5-2-6-27-15)8-13(18(25)26)22-16(12)23/h1-9,14,22H,(H,21,24)(H,25,26)/t14-/m1/s1.